The smallest absolute Gasteiger partial charge is 0.256 e. The predicted octanol–water partition coefficient (Wildman–Crippen LogP) is 4.78. The van der Waals surface area contributed by atoms with Gasteiger partial charge >= 0.3 is 0 Å². The topological polar surface area (TPSA) is 76.7 Å². The van der Waals surface area contributed by atoms with Crippen LogP contribution in [0.4, 0.5) is 5.69 Å². The Kier molecular flexibility index (Phi) is 7.14. The molecule has 2 aromatic rings. The van der Waals surface area contributed by atoms with E-state index >= 15 is 0 Å². The van der Waals surface area contributed by atoms with E-state index in [0.29, 0.717) is 28.3 Å². The molecule has 1 aliphatic carbocycles. The lowest BCUT2D eigenvalue weighted by molar-refractivity contribution is 0.0917. The zero-order valence-corrected chi connectivity index (χ0v) is 18.2. The molecule has 0 atom stereocenters. The summed E-state index contributed by atoms with van der Waals surface area (Å²) in [5.41, 5.74) is 1.17. The van der Waals surface area contributed by atoms with Crippen LogP contribution < -0.4 is 20.1 Å². The summed E-state index contributed by atoms with van der Waals surface area (Å²) in [7, 11) is 3.09. The molecular weight excluding hydrogens is 436 g/mol. The first kappa shape index (κ1) is 21.2. The zero-order valence-electron chi connectivity index (χ0n) is 16.6. The lowest BCUT2D eigenvalue weighted by atomic mass is 9.95. The van der Waals surface area contributed by atoms with Gasteiger partial charge in [-0.15, -0.1) is 0 Å². The largest absolute Gasteiger partial charge is 0.497 e. The van der Waals surface area contributed by atoms with E-state index in [-0.39, 0.29) is 17.9 Å². The summed E-state index contributed by atoms with van der Waals surface area (Å²) >= 11 is 3.40. The number of benzene rings is 2. The molecule has 0 heterocycles. The van der Waals surface area contributed by atoms with E-state index in [9.17, 15) is 9.59 Å². The van der Waals surface area contributed by atoms with E-state index in [1.807, 2.05) is 0 Å². The number of anilines is 1. The Labute approximate surface area is 179 Å². The summed E-state index contributed by atoms with van der Waals surface area (Å²) in [5.74, 6) is 0.518. The van der Waals surface area contributed by atoms with Gasteiger partial charge in [0.1, 0.15) is 11.5 Å². The second-order valence-corrected chi connectivity index (χ2v) is 7.97. The van der Waals surface area contributed by atoms with E-state index in [1.54, 1.807) is 50.6 Å². The lowest BCUT2D eigenvalue weighted by Crippen LogP contribution is -2.37. The number of nitrogens with one attached hydrogen (secondary N) is 2. The van der Waals surface area contributed by atoms with Gasteiger partial charge in [0, 0.05) is 34.4 Å². The molecule has 0 saturated heterocycles. The van der Waals surface area contributed by atoms with Gasteiger partial charge in [0.25, 0.3) is 11.8 Å². The quantitative estimate of drug-likeness (QED) is 0.649. The lowest BCUT2D eigenvalue weighted by Gasteiger charge is -2.23. The number of ether oxygens (including phenoxy) is 2. The van der Waals surface area contributed by atoms with Crippen LogP contribution in [0, 0.1) is 0 Å². The number of methoxy groups -OCH3 is 2. The molecule has 2 amide bonds. The second kappa shape index (κ2) is 9.78. The molecule has 7 heteroatoms. The van der Waals surface area contributed by atoms with Crippen molar-refractivity contribution in [3.05, 3.63) is 52.0 Å². The van der Waals surface area contributed by atoms with Gasteiger partial charge in [-0.2, -0.15) is 0 Å². The Morgan fingerprint density at radius 3 is 2.17 bits per heavy atom. The van der Waals surface area contributed by atoms with Crippen molar-refractivity contribution in [2.24, 2.45) is 0 Å². The van der Waals surface area contributed by atoms with Gasteiger partial charge in [0.15, 0.2) is 0 Å². The van der Waals surface area contributed by atoms with Crippen molar-refractivity contribution in [1.82, 2.24) is 5.32 Å². The normalized spacial score (nSPS) is 14.2. The van der Waals surface area contributed by atoms with Gasteiger partial charge in [0.05, 0.1) is 25.3 Å². The van der Waals surface area contributed by atoms with Crippen LogP contribution in [0.5, 0.6) is 11.5 Å². The zero-order chi connectivity index (χ0) is 20.8. The first-order chi connectivity index (χ1) is 14.0. The van der Waals surface area contributed by atoms with E-state index in [4.69, 9.17) is 9.47 Å². The van der Waals surface area contributed by atoms with Crippen molar-refractivity contribution >= 4 is 33.4 Å². The molecule has 6 nitrogen and oxygen atoms in total. The number of halogens is 1. The molecule has 2 aromatic carbocycles. The van der Waals surface area contributed by atoms with Gasteiger partial charge in [-0.05, 0) is 31.0 Å². The molecule has 154 valence electrons. The molecule has 0 spiro atoms. The Balaban J connectivity index is 1.82. The number of carbonyl (C=O) groups excluding carboxylic acids is 2. The van der Waals surface area contributed by atoms with Crippen LogP contribution in [-0.4, -0.2) is 32.1 Å². The van der Waals surface area contributed by atoms with Crippen LogP contribution in [0.3, 0.4) is 0 Å². The minimum absolute atomic E-state index is 0.161. The standard InChI is InChI=1S/C22H25BrN2O4/c1-28-17-11-16(12-18(13-17)29-2)25-21(26)19-9-8-14(23)10-20(19)22(27)24-15-6-4-3-5-7-15/h8-13,15H,3-7H2,1-2H3,(H,24,27)(H,25,26). The number of amides is 2. The third-order valence-electron chi connectivity index (χ3n) is 5.02. The molecule has 0 bridgehead atoms. The number of carbonyl (C=O) groups is 2. The highest BCUT2D eigenvalue weighted by Gasteiger charge is 2.22. The average molecular weight is 461 g/mol. The van der Waals surface area contributed by atoms with Gasteiger partial charge in [-0.25, -0.2) is 0 Å². The molecule has 2 N–H and O–H groups in total. The van der Waals surface area contributed by atoms with E-state index < -0.39 is 0 Å². The minimum atomic E-state index is -0.374. The summed E-state index contributed by atoms with van der Waals surface area (Å²) in [4.78, 5) is 25.8. The van der Waals surface area contributed by atoms with Crippen LogP contribution in [0.1, 0.15) is 52.8 Å². The summed E-state index contributed by atoms with van der Waals surface area (Å²) in [6, 6.07) is 10.3. The fourth-order valence-corrected chi connectivity index (χ4v) is 3.85. The molecule has 29 heavy (non-hydrogen) atoms. The van der Waals surface area contributed by atoms with Crippen LogP contribution in [0.15, 0.2) is 40.9 Å². The molecular formula is C22H25BrN2O4. The molecule has 0 unspecified atom stereocenters. The third kappa shape index (κ3) is 5.50. The third-order valence-corrected chi connectivity index (χ3v) is 5.51. The summed E-state index contributed by atoms with van der Waals surface area (Å²) in [6.45, 7) is 0. The molecule has 3 rings (SSSR count). The van der Waals surface area contributed by atoms with Crippen LogP contribution >= 0.6 is 15.9 Å². The minimum Gasteiger partial charge on any atom is -0.497 e. The highest BCUT2D eigenvalue weighted by molar-refractivity contribution is 9.10. The first-order valence-electron chi connectivity index (χ1n) is 9.65. The van der Waals surface area contributed by atoms with Crippen LogP contribution in [0.2, 0.25) is 0 Å². The first-order valence-corrected chi connectivity index (χ1v) is 10.4. The van der Waals surface area contributed by atoms with Crippen molar-refractivity contribution in [2.75, 3.05) is 19.5 Å². The van der Waals surface area contributed by atoms with Crippen molar-refractivity contribution in [2.45, 2.75) is 38.1 Å². The van der Waals surface area contributed by atoms with E-state index in [0.717, 1.165) is 30.2 Å². The number of hydrogen-bond donors (Lipinski definition) is 2. The van der Waals surface area contributed by atoms with Crippen molar-refractivity contribution in [1.29, 1.82) is 0 Å². The summed E-state index contributed by atoms with van der Waals surface area (Å²) in [5, 5.41) is 5.91. The molecule has 0 aromatic heterocycles. The summed E-state index contributed by atoms with van der Waals surface area (Å²) < 4.78 is 11.2. The maximum Gasteiger partial charge on any atom is 0.256 e. The Morgan fingerprint density at radius 2 is 1.55 bits per heavy atom. The highest BCUT2D eigenvalue weighted by atomic mass is 79.9. The molecule has 1 fully saturated rings. The SMILES string of the molecule is COc1cc(NC(=O)c2ccc(Br)cc2C(=O)NC2CCCCC2)cc(OC)c1. The van der Waals surface area contributed by atoms with Gasteiger partial charge in [-0.1, -0.05) is 35.2 Å². The monoisotopic (exact) mass is 460 g/mol. The Hall–Kier alpha value is -2.54. The maximum absolute atomic E-state index is 13.0. The van der Waals surface area contributed by atoms with Crippen LogP contribution in [-0.2, 0) is 0 Å². The van der Waals surface area contributed by atoms with E-state index in [1.165, 1.54) is 6.42 Å². The van der Waals surface area contributed by atoms with Crippen LogP contribution in [0.25, 0.3) is 0 Å². The summed E-state index contributed by atoms with van der Waals surface area (Å²) in [6.07, 6.45) is 5.40. The van der Waals surface area contributed by atoms with E-state index in [2.05, 4.69) is 26.6 Å². The van der Waals surface area contributed by atoms with Crippen molar-refractivity contribution < 1.29 is 19.1 Å². The fraction of sp³-hybridized carbons (Fsp3) is 0.364. The molecule has 1 saturated carbocycles. The predicted molar refractivity (Wildman–Crippen MR) is 116 cm³/mol. The molecule has 0 radical (unpaired) electrons. The van der Waals surface area contributed by atoms with Gasteiger partial charge in [0.2, 0.25) is 0 Å². The fourth-order valence-electron chi connectivity index (χ4n) is 3.49. The average Bonchev–Trinajstić information content (AvgIpc) is 2.73. The Bertz CT molecular complexity index is 872. The van der Waals surface area contributed by atoms with Crippen molar-refractivity contribution in [3.8, 4) is 11.5 Å². The number of hydrogen-bond acceptors (Lipinski definition) is 4. The molecule has 1 aliphatic rings. The number of rotatable bonds is 6. The van der Waals surface area contributed by atoms with Crippen molar-refractivity contribution in [3.63, 3.8) is 0 Å². The molecule has 0 aliphatic heterocycles. The van der Waals surface area contributed by atoms with Gasteiger partial charge < -0.3 is 20.1 Å². The van der Waals surface area contributed by atoms with Gasteiger partial charge in [-0.3, -0.25) is 9.59 Å². The maximum atomic E-state index is 13.0. The highest BCUT2D eigenvalue weighted by Crippen LogP contribution is 2.27. The Morgan fingerprint density at radius 1 is 0.897 bits per heavy atom. The second-order valence-electron chi connectivity index (χ2n) is 7.05.